The molecular weight excluding hydrogens is 481 g/mol. The van der Waals surface area contributed by atoms with Gasteiger partial charge in [0.2, 0.25) is 5.91 Å². The molecule has 0 aliphatic rings. The molecule has 3 rings (SSSR count). The van der Waals surface area contributed by atoms with E-state index in [1.54, 1.807) is 48.2 Å². The number of nitrogens with one attached hydrogen (secondary N) is 1. The lowest BCUT2D eigenvalue weighted by Gasteiger charge is -2.14. The van der Waals surface area contributed by atoms with E-state index in [2.05, 4.69) is 21.2 Å². The van der Waals surface area contributed by atoms with Gasteiger partial charge in [-0.05, 0) is 76.3 Å². The van der Waals surface area contributed by atoms with Crippen LogP contribution < -0.4 is 14.8 Å². The number of carbonyl (C=O) groups is 1. The Bertz CT molecular complexity index is 1090. The van der Waals surface area contributed by atoms with Gasteiger partial charge in [-0.15, -0.1) is 11.8 Å². The Hall–Kier alpha value is -2.77. The van der Waals surface area contributed by atoms with Gasteiger partial charge in [-0.2, -0.15) is 0 Å². The zero-order valence-electron chi connectivity index (χ0n) is 17.0. The van der Waals surface area contributed by atoms with E-state index in [9.17, 15) is 9.18 Å². The molecular formula is C24H21BrFNO3S. The van der Waals surface area contributed by atoms with Crippen LogP contribution in [0.1, 0.15) is 11.1 Å². The molecule has 1 N–H and O–H groups in total. The molecule has 160 valence electrons. The largest absolute Gasteiger partial charge is 0.493 e. The molecule has 4 nitrogen and oxygen atoms in total. The zero-order chi connectivity index (χ0) is 22.2. The van der Waals surface area contributed by atoms with Crippen LogP contribution in [0.3, 0.4) is 0 Å². The van der Waals surface area contributed by atoms with Crippen molar-refractivity contribution in [2.24, 2.45) is 0 Å². The van der Waals surface area contributed by atoms with Gasteiger partial charge in [-0.1, -0.05) is 18.2 Å². The minimum Gasteiger partial charge on any atom is -0.493 e. The van der Waals surface area contributed by atoms with Gasteiger partial charge in [0.25, 0.3) is 0 Å². The third-order valence-corrected chi connectivity index (χ3v) is 5.70. The van der Waals surface area contributed by atoms with Gasteiger partial charge in [0.05, 0.1) is 11.6 Å². The molecule has 0 saturated heterocycles. The molecule has 0 fully saturated rings. The summed E-state index contributed by atoms with van der Waals surface area (Å²) in [6.45, 7) is 0.0640. The van der Waals surface area contributed by atoms with E-state index in [0.29, 0.717) is 21.5 Å². The lowest BCUT2D eigenvalue weighted by molar-refractivity contribution is -0.111. The molecule has 0 aromatic heterocycles. The summed E-state index contributed by atoms with van der Waals surface area (Å²) < 4.78 is 25.7. The molecule has 0 atom stereocenters. The van der Waals surface area contributed by atoms with Gasteiger partial charge in [0, 0.05) is 22.2 Å². The van der Waals surface area contributed by atoms with Crippen LogP contribution in [0.5, 0.6) is 11.5 Å². The van der Waals surface area contributed by atoms with Crippen LogP contribution >= 0.6 is 27.7 Å². The lowest BCUT2D eigenvalue weighted by Crippen LogP contribution is -2.07. The summed E-state index contributed by atoms with van der Waals surface area (Å²) in [6.07, 6.45) is 5.13. The number of benzene rings is 3. The van der Waals surface area contributed by atoms with Crippen molar-refractivity contribution in [3.8, 4) is 11.5 Å². The monoisotopic (exact) mass is 501 g/mol. The summed E-state index contributed by atoms with van der Waals surface area (Å²) in [5, 5.41) is 2.82. The Morgan fingerprint density at radius 1 is 1.16 bits per heavy atom. The van der Waals surface area contributed by atoms with E-state index in [4.69, 9.17) is 9.47 Å². The Morgan fingerprint density at radius 3 is 2.58 bits per heavy atom. The first-order valence-electron chi connectivity index (χ1n) is 9.37. The van der Waals surface area contributed by atoms with E-state index in [1.807, 2.05) is 30.5 Å². The van der Waals surface area contributed by atoms with E-state index in [-0.39, 0.29) is 18.3 Å². The smallest absolute Gasteiger partial charge is 0.248 e. The number of methoxy groups -OCH3 is 1. The van der Waals surface area contributed by atoms with Gasteiger partial charge < -0.3 is 14.8 Å². The van der Waals surface area contributed by atoms with Crippen LogP contribution in [0.2, 0.25) is 0 Å². The first-order chi connectivity index (χ1) is 15.0. The summed E-state index contributed by atoms with van der Waals surface area (Å²) in [5.74, 6) is 0.359. The molecule has 0 bridgehead atoms. The van der Waals surface area contributed by atoms with Gasteiger partial charge in [0.15, 0.2) is 11.5 Å². The predicted octanol–water partition coefficient (Wildman–Crippen LogP) is 6.55. The second kappa shape index (κ2) is 11.0. The summed E-state index contributed by atoms with van der Waals surface area (Å²) in [6, 6.07) is 17.6. The van der Waals surface area contributed by atoms with Crippen molar-refractivity contribution in [1.82, 2.24) is 0 Å². The van der Waals surface area contributed by atoms with Crippen LogP contribution in [0, 0.1) is 5.82 Å². The number of amides is 1. The number of anilines is 1. The fourth-order valence-electron chi connectivity index (χ4n) is 2.77. The minimum atomic E-state index is -0.328. The fourth-order valence-corrected chi connectivity index (χ4v) is 3.75. The molecule has 0 radical (unpaired) electrons. The second-order valence-corrected chi connectivity index (χ2v) is 8.20. The molecule has 0 aliphatic heterocycles. The van der Waals surface area contributed by atoms with Gasteiger partial charge in [-0.3, -0.25) is 4.79 Å². The first kappa shape index (κ1) is 22.9. The fraction of sp³-hybridized carbons (Fsp3) is 0.125. The second-order valence-electron chi connectivity index (χ2n) is 6.47. The van der Waals surface area contributed by atoms with Crippen molar-refractivity contribution in [2.75, 3.05) is 18.7 Å². The van der Waals surface area contributed by atoms with Crippen LogP contribution in [-0.4, -0.2) is 19.3 Å². The van der Waals surface area contributed by atoms with Crippen molar-refractivity contribution < 1.29 is 18.7 Å². The van der Waals surface area contributed by atoms with Crippen molar-refractivity contribution in [3.05, 3.63) is 88.2 Å². The Kier molecular flexibility index (Phi) is 8.14. The first-order valence-corrected chi connectivity index (χ1v) is 11.4. The summed E-state index contributed by atoms with van der Waals surface area (Å²) >= 11 is 5.11. The molecule has 1 amide bonds. The molecule has 0 saturated carbocycles. The number of rotatable bonds is 8. The molecule has 0 heterocycles. The normalized spacial score (nSPS) is 10.8. The Morgan fingerprint density at radius 2 is 1.90 bits per heavy atom. The molecule has 0 unspecified atom stereocenters. The summed E-state index contributed by atoms with van der Waals surface area (Å²) in [5.41, 5.74) is 1.92. The van der Waals surface area contributed by atoms with Crippen molar-refractivity contribution in [1.29, 1.82) is 0 Å². The highest BCUT2D eigenvalue weighted by molar-refractivity contribution is 9.10. The minimum absolute atomic E-state index is 0.0640. The van der Waals surface area contributed by atoms with Gasteiger partial charge >= 0.3 is 0 Å². The van der Waals surface area contributed by atoms with Crippen LogP contribution in [-0.2, 0) is 11.4 Å². The number of hydrogen-bond donors (Lipinski definition) is 1. The number of halogens is 2. The molecule has 7 heteroatoms. The average Bonchev–Trinajstić information content (AvgIpc) is 2.78. The van der Waals surface area contributed by atoms with E-state index >= 15 is 0 Å². The summed E-state index contributed by atoms with van der Waals surface area (Å²) in [4.78, 5) is 13.4. The third kappa shape index (κ3) is 6.35. The molecule has 31 heavy (non-hydrogen) atoms. The van der Waals surface area contributed by atoms with Crippen molar-refractivity contribution >= 4 is 45.4 Å². The molecule has 3 aromatic carbocycles. The third-order valence-electron chi connectivity index (χ3n) is 4.37. The maximum atomic E-state index is 13.8. The number of carbonyl (C=O) groups excluding carboxylic acids is 1. The quantitative estimate of drug-likeness (QED) is 0.280. The number of hydrogen-bond acceptors (Lipinski definition) is 4. The number of thioether (sulfide) groups is 1. The zero-order valence-corrected chi connectivity index (χ0v) is 19.4. The highest BCUT2D eigenvalue weighted by Gasteiger charge is 2.12. The summed E-state index contributed by atoms with van der Waals surface area (Å²) in [7, 11) is 1.52. The maximum absolute atomic E-state index is 13.8. The standard InChI is InChI=1S/C24H21BrFNO3S/c1-29-22-14-16(7-12-23(28)27-18-8-10-19(31-2)11-9-18)13-20(25)24(22)30-15-17-5-3-4-6-21(17)26/h3-14H,15H2,1-2H3,(H,27,28)/b12-7+. The van der Waals surface area contributed by atoms with Gasteiger partial charge in [-0.25, -0.2) is 4.39 Å². The highest BCUT2D eigenvalue weighted by atomic mass is 79.9. The Balaban J connectivity index is 1.69. The molecule has 3 aromatic rings. The van der Waals surface area contributed by atoms with Crippen molar-refractivity contribution in [3.63, 3.8) is 0 Å². The van der Waals surface area contributed by atoms with E-state index in [0.717, 1.165) is 16.1 Å². The van der Waals surface area contributed by atoms with Crippen LogP contribution in [0.15, 0.2) is 76.1 Å². The topological polar surface area (TPSA) is 47.6 Å². The SMILES string of the molecule is COc1cc(/C=C/C(=O)Nc2ccc(SC)cc2)cc(Br)c1OCc1ccccc1F. The van der Waals surface area contributed by atoms with Crippen LogP contribution in [0.4, 0.5) is 10.1 Å². The maximum Gasteiger partial charge on any atom is 0.248 e. The molecule has 0 aliphatic carbocycles. The number of ether oxygens (including phenoxy) is 2. The van der Waals surface area contributed by atoms with Gasteiger partial charge in [0.1, 0.15) is 12.4 Å². The van der Waals surface area contributed by atoms with E-state index in [1.165, 1.54) is 19.3 Å². The average molecular weight is 502 g/mol. The van der Waals surface area contributed by atoms with Crippen molar-refractivity contribution in [2.45, 2.75) is 11.5 Å². The lowest BCUT2D eigenvalue weighted by atomic mass is 10.1. The Labute approximate surface area is 193 Å². The van der Waals surface area contributed by atoms with E-state index < -0.39 is 0 Å². The molecule has 0 spiro atoms. The highest BCUT2D eigenvalue weighted by Crippen LogP contribution is 2.37. The van der Waals surface area contributed by atoms with Crippen LogP contribution in [0.25, 0.3) is 6.08 Å². The predicted molar refractivity (Wildman–Crippen MR) is 127 cm³/mol.